The zero-order valence-corrected chi connectivity index (χ0v) is 19.5. The molecule has 1 aliphatic heterocycles. The number of β-amino-alcohol motifs (C(OH)–C–C–N with tert-alkyl or cyclic N) is 1. The summed E-state index contributed by atoms with van der Waals surface area (Å²) in [7, 11) is 1.42. The number of fused-ring (bicyclic) bond motifs is 2. The van der Waals surface area contributed by atoms with Gasteiger partial charge in [-0.15, -0.1) is 11.3 Å². The summed E-state index contributed by atoms with van der Waals surface area (Å²) in [5, 5.41) is 15.2. The Morgan fingerprint density at radius 3 is 2.91 bits per heavy atom. The zero-order chi connectivity index (χ0) is 22.2. The standard InChI is InChI=1S/C25H25ClN2O3S/c1-31-25(30)9-16-12-28(13-17-15-32-24-7-4-18(26)10-22(17)24)23-11-19(5-6-21(16)23)27-8-2-3-20(29)14-27/h4-7,10-12,15,20,29H,2-3,8-9,13-14H2,1H3. The fourth-order valence-electron chi connectivity index (χ4n) is 4.60. The molecule has 4 aromatic rings. The molecule has 0 aliphatic carbocycles. The molecule has 1 fully saturated rings. The van der Waals surface area contributed by atoms with Crippen LogP contribution in [0.1, 0.15) is 24.0 Å². The number of halogens is 1. The minimum absolute atomic E-state index is 0.234. The molecule has 5 rings (SSSR count). The molecule has 166 valence electrons. The topological polar surface area (TPSA) is 54.7 Å². The number of piperidine rings is 1. The van der Waals surface area contributed by atoms with Crippen molar-refractivity contribution in [3.63, 3.8) is 0 Å². The number of aromatic nitrogens is 1. The lowest BCUT2D eigenvalue weighted by molar-refractivity contribution is -0.139. The van der Waals surface area contributed by atoms with E-state index in [1.54, 1.807) is 11.3 Å². The second kappa shape index (κ2) is 8.77. The molecule has 1 aliphatic rings. The number of hydrogen-bond donors (Lipinski definition) is 1. The van der Waals surface area contributed by atoms with Gasteiger partial charge >= 0.3 is 5.97 Å². The third kappa shape index (κ3) is 4.10. The van der Waals surface area contributed by atoms with Crippen LogP contribution >= 0.6 is 22.9 Å². The van der Waals surface area contributed by atoms with E-state index in [-0.39, 0.29) is 18.5 Å². The largest absolute Gasteiger partial charge is 0.469 e. The molecule has 1 saturated heterocycles. The van der Waals surface area contributed by atoms with Crippen LogP contribution in [0.5, 0.6) is 0 Å². The molecule has 2 aromatic heterocycles. The summed E-state index contributed by atoms with van der Waals surface area (Å²) in [6, 6.07) is 12.3. The van der Waals surface area contributed by atoms with Gasteiger partial charge in [0.1, 0.15) is 0 Å². The molecule has 0 spiro atoms. The van der Waals surface area contributed by atoms with E-state index < -0.39 is 0 Å². The maximum Gasteiger partial charge on any atom is 0.310 e. The molecule has 1 N–H and O–H groups in total. The van der Waals surface area contributed by atoms with Crippen molar-refractivity contribution >= 4 is 55.6 Å². The van der Waals surface area contributed by atoms with Crippen LogP contribution < -0.4 is 4.90 Å². The molecule has 0 saturated carbocycles. The van der Waals surface area contributed by atoms with Crippen molar-refractivity contribution < 1.29 is 14.6 Å². The Labute approximate surface area is 195 Å². The summed E-state index contributed by atoms with van der Waals surface area (Å²) in [6.07, 6.45) is 3.84. The second-order valence-corrected chi connectivity index (χ2v) is 9.73. The summed E-state index contributed by atoms with van der Waals surface area (Å²) in [6.45, 7) is 2.27. The van der Waals surface area contributed by atoms with Crippen LogP contribution in [0.15, 0.2) is 48.0 Å². The number of methoxy groups -OCH3 is 1. The summed E-state index contributed by atoms with van der Waals surface area (Å²) in [4.78, 5) is 14.3. The minimum atomic E-state index is -0.289. The van der Waals surface area contributed by atoms with E-state index in [0.29, 0.717) is 13.1 Å². The van der Waals surface area contributed by atoms with Gasteiger partial charge in [0.15, 0.2) is 0 Å². The maximum atomic E-state index is 12.0. The lowest BCUT2D eigenvalue weighted by Gasteiger charge is -2.32. The monoisotopic (exact) mass is 468 g/mol. The van der Waals surface area contributed by atoms with Gasteiger partial charge in [-0.25, -0.2) is 0 Å². The molecular formula is C25H25ClN2O3S. The van der Waals surface area contributed by atoms with E-state index >= 15 is 0 Å². The molecule has 3 heterocycles. The Morgan fingerprint density at radius 1 is 1.22 bits per heavy atom. The summed E-state index contributed by atoms with van der Waals surface area (Å²) in [5.74, 6) is -0.250. The molecular weight excluding hydrogens is 444 g/mol. The van der Waals surface area contributed by atoms with E-state index in [1.165, 1.54) is 17.4 Å². The second-order valence-electron chi connectivity index (χ2n) is 8.38. The molecule has 2 aromatic carbocycles. The van der Waals surface area contributed by atoms with Crippen LogP contribution in [0, 0.1) is 0 Å². The van der Waals surface area contributed by atoms with Gasteiger partial charge in [0.2, 0.25) is 0 Å². The van der Waals surface area contributed by atoms with Crippen molar-refractivity contribution in [2.45, 2.75) is 31.9 Å². The molecule has 7 heteroatoms. The fraction of sp³-hybridized carbons (Fsp3) is 0.320. The summed E-state index contributed by atoms with van der Waals surface area (Å²) >= 11 is 7.97. The summed E-state index contributed by atoms with van der Waals surface area (Å²) in [5.41, 5.74) is 4.32. The molecule has 1 unspecified atom stereocenters. The Bertz CT molecular complexity index is 1300. The average molecular weight is 469 g/mol. The van der Waals surface area contributed by atoms with Gasteiger partial charge in [-0.2, -0.15) is 0 Å². The Balaban J connectivity index is 1.58. The highest BCUT2D eigenvalue weighted by atomic mass is 35.5. The van der Waals surface area contributed by atoms with Crippen LogP contribution in [0.3, 0.4) is 0 Å². The van der Waals surface area contributed by atoms with Gasteiger partial charge in [-0.3, -0.25) is 4.79 Å². The Hall–Kier alpha value is -2.54. The Morgan fingerprint density at radius 2 is 2.09 bits per heavy atom. The quantitative estimate of drug-likeness (QED) is 0.407. The van der Waals surface area contributed by atoms with E-state index in [2.05, 4.69) is 45.3 Å². The van der Waals surface area contributed by atoms with E-state index in [0.717, 1.165) is 51.9 Å². The number of nitrogens with zero attached hydrogens (tertiary/aromatic N) is 2. The highest BCUT2D eigenvalue weighted by molar-refractivity contribution is 7.17. The van der Waals surface area contributed by atoms with Crippen molar-refractivity contribution in [3.05, 3.63) is 64.1 Å². The smallest absolute Gasteiger partial charge is 0.310 e. The Kier molecular flexibility index (Phi) is 5.84. The molecule has 5 nitrogen and oxygen atoms in total. The number of aliphatic hydroxyl groups is 1. The van der Waals surface area contributed by atoms with Crippen molar-refractivity contribution in [1.29, 1.82) is 0 Å². The van der Waals surface area contributed by atoms with Gasteiger partial charge in [-0.1, -0.05) is 17.7 Å². The SMILES string of the molecule is COC(=O)Cc1cn(Cc2csc3ccc(Cl)cc23)c2cc(N3CCCC(O)C3)ccc12. The predicted octanol–water partition coefficient (Wildman–Crippen LogP) is 5.23. The van der Waals surface area contributed by atoms with Crippen molar-refractivity contribution in [2.75, 3.05) is 25.1 Å². The van der Waals surface area contributed by atoms with Gasteiger partial charge in [-0.05, 0) is 65.1 Å². The van der Waals surface area contributed by atoms with Crippen LogP contribution in [-0.2, 0) is 22.5 Å². The van der Waals surface area contributed by atoms with E-state index in [9.17, 15) is 9.90 Å². The third-order valence-electron chi connectivity index (χ3n) is 6.23. The number of benzene rings is 2. The predicted molar refractivity (Wildman–Crippen MR) is 131 cm³/mol. The van der Waals surface area contributed by atoms with Gasteiger partial charge < -0.3 is 19.3 Å². The minimum Gasteiger partial charge on any atom is -0.469 e. The normalized spacial score (nSPS) is 16.7. The lowest BCUT2D eigenvalue weighted by Crippen LogP contribution is -2.38. The molecule has 0 amide bonds. The van der Waals surface area contributed by atoms with Crippen LogP contribution in [0.25, 0.3) is 21.0 Å². The lowest BCUT2D eigenvalue weighted by atomic mass is 10.1. The van der Waals surface area contributed by atoms with Gasteiger partial charge in [0, 0.05) is 46.6 Å². The number of esters is 1. The number of hydrogen-bond acceptors (Lipinski definition) is 5. The first-order valence-electron chi connectivity index (χ1n) is 10.8. The molecule has 0 bridgehead atoms. The fourth-order valence-corrected chi connectivity index (χ4v) is 5.71. The van der Waals surface area contributed by atoms with Crippen LogP contribution in [-0.4, -0.2) is 41.9 Å². The van der Waals surface area contributed by atoms with Gasteiger partial charge in [0.05, 0.1) is 25.2 Å². The number of rotatable bonds is 5. The highest BCUT2D eigenvalue weighted by Gasteiger charge is 2.20. The average Bonchev–Trinajstić information content (AvgIpc) is 3.34. The number of carbonyl (C=O) groups is 1. The third-order valence-corrected chi connectivity index (χ3v) is 7.48. The first-order chi connectivity index (χ1) is 15.5. The number of carbonyl (C=O) groups excluding carboxylic acids is 1. The van der Waals surface area contributed by atoms with E-state index in [1.807, 2.05) is 12.1 Å². The van der Waals surface area contributed by atoms with Crippen molar-refractivity contribution in [1.82, 2.24) is 4.57 Å². The first kappa shape index (κ1) is 21.3. The molecule has 0 radical (unpaired) electrons. The highest BCUT2D eigenvalue weighted by Crippen LogP contribution is 2.33. The first-order valence-corrected chi connectivity index (χ1v) is 12.0. The molecule has 32 heavy (non-hydrogen) atoms. The van der Waals surface area contributed by atoms with Crippen LogP contribution in [0.4, 0.5) is 5.69 Å². The number of ether oxygens (including phenoxy) is 1. The number of thiophene rings is 1. The van der Waals surface area contributed by atoms with E-state index in [4.69, 9.17) is 16.3 Å². The van der Waals surface area contributed by atoms with Crippen molar-refractivity contribution in [2.24, 2.45) is 0 Å². The van der Waals surface area contributed by atoms with Crippen LogP contribution in [0.2, 0.25) is 5.02 Å². The van der Waals surface area contributed by atoms with Crippen molar-refractivity contribution in [3.8, 4) is 0 Å². The maximum absolute atomic E-state index is 12.0. The number of aliphatic hydroxyl groups excluding tert-OH is 1. The van der Waals surface area contributed by atoms with Gasteiger partial charge in [0.25, 0.3) is 0 Å². The summed E-state index contributed by atoms with van der Waals surface area (Å²) < 4.78 is 8.34. The number of anilines is 1. The zero-order valence-electron chi connectivity index (χ0n) is 17.9. The molecule has 1 atom stereocenters.